The lowest BCUT2D eigenvalue weighted by atomic mass is 9.96. The summed E-state index contributed by atoms with van der Waals surface area (Å²) in [7, 11) is 0. The highest BCUT2D eigenvalue weighted by molar-refractivity contribution is 5.77. The average molecular weight is 154 g/mol. The van der Waals surface area contributed by atoms with Crippen LogP contribution in [0.15, 0.2) is 12.7 Å². The fraction of sp³-hybridized carbons (Fsp3) is 0.700. The first-order chi connectivity index (χ1) is 5.07. The zero-order valence-corrected chi connectivity index (χ0v) is 7.76. The SMILES string of the molecule is C=CC(C)CCC(C)C(C)=O. The van der Waals surface area contributed by atoms with Gasteiger partial charge in [-0.2, -0.15) is 0 Å². The molecule has 0 aliphatic rings. The predicted molar refractivity (Wildman–Crippen MR) is 48.4 cm³/mol. The van der Waals surface area contributed by atoms with E-state index in [1.54, 1.807) is 6.92 Å². The van der Waals surface area contributed by atoms with Gasteiger partial charge in [-0.05, 0) is 25.7 Å². The number of ketones is 1. The van der Waals surface area contributed by atoms with Gasteiger partial charge in [0, 0.05) is 5.92 Å². The van der Waals surface area contributed by atoms with Crippen LogP contribution < -0.4 is 0 Å². The maximum Gasteiger partial charge on any atom is 0.132 e. The number of carbonyl (C=O) groups is 1. The first kappa shape index (κ1) is 10.4. The van der Waals surface area contributed by atoms with Crippen molar-refractivity contribution < 1.29 is 4.79 Å². The van der Waals surface area contributed by atoms with E-state index >= 15 is 0 Å². The summed E-state index contributed by atoms with van der Waals surface area (Å²) in [4.78, 5) is 10.8. The Balaban J connectivity index is 3.53. The molecular formula is C10H18O. The monoisotopic (exact) mass is 154 g/mol. The van der Waals surface area contributed by atoms with Gasteiger partial charge < -0.3 is 0 Å². The van der Waals surface area contributed by atoms with Gasteiger partial charge >= 0.3 is 0 Å². The quantitative estimate of drug-likeness (QED) is 0.556. The van der Waals surface area contributed by atoms with E-state index in [1.807, 2.05) is 13.0 Å². The van der Waals surface area contributed by atoms with Crippen LogP contribution in [-0.2, 0) is 4.79 Å². The minimum atomic E-state index is 0.220. The molecule has 0 rings (SSSR count). The number of hydrogen-bond acceptors (Lipinski definition) is 1. The Labute approximate surface area is 69.5 Å². The number of allylic oxidation sites excluding steroid dienone is 1. The first-order valence-electron chi connectivity index (χ1n) is 4.21. The summed E-state index contributed by atoms with van der Waals surface area (Å²) in [6.07, 6.45) is 4.00. The summed E-state index contributed by atoms with van der Waals surface area (Å²) in [5, 5.41) is 0. The van der Waals surface area contributed by atoms with Crippen LogP contribution in [0.1, 0.15) is 33.6 Å². The molecule has 1 nitrogen and oxygen atoms in total. The third-order valence-electron chi connectivity index (χ3n) is 2.15. The van der Waals surface area contributed by atoms with Crippen LogP contribution >= 0.6 is 0 Å². The normalized spacial score (nSPS) is 15.5. The second-order valence-corrected chi connectivity index (χ2v) is 3.30. The van der Waals surface area contributed by atoms with Crippen LogP contribution in [0.4, 0.5) is 0 Å². The first-order valence-corrected chi connectivity index (χ1v) is 4.21. The standard InChI is InChI=1S/C10H18O/c1-5-8(2)6-7-9(3)10(4)11/h5,8-9H,1,6-7H2,2-4H3. The van der Waals surface area contributed by atoms with Crippen molar-refractivity contribution in [3.63, 3.8) is 0 Å². The lowest BCUT2D eigenvalue weighted by Crippen LogP contribution is -2.07. The number of hydrogen-bond donors (Lipinski definition) is 0. The molecule has 0 N–H and O–H groups in total. The van der Waals surface area contributed by atoms with E-state index < -0.39 is 0 Å². The highest BCUT2D eigenvalue weighted by Gasteiger charge is 2.07. The van der Waals surface area contributed by atoms with Crippen LogP contribution in [0.25, 0.3) is 0 Å². The van der Waals surface area contributed by atoms with Gasteiger partial charge in [0.2, 0.25) is 0 Å². The smallest absolute Gasteiger partial charge is 0.132 e. The summed E-state index contributed by atoms with van der Waals surface area (Å²) in [5.74, 6) is 1.05. The van der Waals surface area contributed by atoms with Crippen LogP contribution in [0.3, 0.4) is 0 Å². The molecule has 0 aromatic rings. The third-order valence-corrected chi connectivity index (χ3v) is 2.15. The molecule has 0 aromatic carbocycles. The minimum absolute atomic E-state index is 0.220. The minimum Gasteiger partial charge on any atom is -0.300 e. The Morgan fingerprint density at radius 1 is 1.45 bits per heavy atom. The molecule has 0 aliphatic carbocycles. The van der Waals surface area contributed by atoms with E-state index in [-0.39, 0.29) is 5.92 Å². The van der Waals surface area contributed by atoms with Crippen LogP contribution in [0, 0.1) is 11.8 Å². The molecule has 0 heterocycles. The highest BCUT2D eigenvalue weighted by atomic mass is 16.1. The van der Waals surface area contributed by atoms with Crippen molar-refractivity contribution in [3.8, 4) is 0 Å². The van der Waals surface area contributed by atoms with E-state index in [2.05, 4.69) is 13.5 Å². The molecular weight excluding hydrogens is 136 g/mol. The van der Waals surface area contributed by atoms with Crippen molar-refractivity contribution in [1.82, 2.24) is 0 Å². The number of Topliss-reactive ketones (excluding diaryl/α,β-unsaturated/α-hetero) is 1. The van der Waals surface area contributed by atoms with Gasteiger partial charge in [0.25, 0.3) is 0 Å². The van der Waals surface area contributed by atoms with Gasteiger partial charge in [-0.1, -0.05) is 19.9 Å². The lowest BCUT2D eigenvalue weighted by Gasteiger charge is -2.09. The van der Waals surface area contributed by atoms with Gasteiger partial charge in [-0.3, -0.25) is 4.79 Å². The van der Waals surface area contributed by atoms with Gasteiger partial charge in [0.05, 0.1) is 0 Å². The number of rotatable bonds is 5. The molecule has 1 heteroatoms. The maximum atomic E-state index is 10.8. The van der Waals surface area contributed by atoms with E-state index in [1.165, 1.54) is 0 Å². The Hall–Kier alpha value is -0.590. The Morgan fingerprint density at radius 3 is 2.36 bits per heavy atom. The second kappa shape index (κ2) is 5.11. The molecule has 0 amide bonds. The summed E-state index contributed by atoms with van der Waals surface area (Å²) >= 11 is 0. The fourth-order valence-electron chi connectivity index (χ4n) is 0.834. The van der Waals surface area contributed by atoms with Crippen LogP contribution in [0.5, 0.6) is 0 Å². The molecule has 0 bridgehead atoms. The Bertz CT molecular complexity index is 138. The molecule has 0 fully saturated rings. The average Bonchev–Trinajstić information content (AvgIpc) is 1.99. The topological polar surface area (TPSA) is 17.1 Å². The largest absolute Gasteiger partial charge is 0.300 e. The van der Waals surface area contributed by atoms with Crippen molar-refractivity contribution >= 4 is 5.78 Å². The molecule has 0 radical (unpaired) electrons. The second-order valence-electron chi connectivity index (χ2n) is 3.30. The van der Waals surface area contributed by atoms with Crippen molar-refractivity contribution in [2.45, 2.75) is 33.6 Å². The summed E-state index contributed by atoms with van der Waals surface area (Å²) in [5.41, 5.74) is 0. The van der Waals surface area contributed by atoms with E-state index in [4.69, 9.17) is 0 Å². The van der Waals surface area contributed by atoms with Crippen LogP contribution in [-0.4, -0.2) is 5.78 Å². The maximum absolute atomic E-state index is 10.8. The third kappa shape index (κ3) is 4.77. The van der Waals surface area contributed by atoms with Gasteiger partial charge in [-0.25, -0.2) is 0 Å². The van der Waals surface area contributed by atoms with E-state index in [0.717, 1.165) is 12.8 Å². The molecule has 2 unspecified atom stereocenters. The summed E-state index contributed by atoms with van der Waals surface area (Å²) in [6.45, 7) is 9.46. The molecule has 0 saturated heterocycles. The summed E-state index contributed by atoms with van der Waals surface area (Å²) in [6, 6.07) is 0. The summed E-state index contributed by atoms with van der Waals surface area (Å²) < 4.78 is 0. The molecule has 2 atom stereocenters. The molecule has 0 spiro atoms. The fourth-order valence-corrected chi connectivity index (χ4v) is 0.834. The molecule has 64 valence electrons. The highest BCUT2D eigenvalue weighted by Crippen LogP contribution is 2.13. The van der Waals surface area contributed by atoms with Crippen molar-refractivity contribution in [3.05, 3.63) is 12.7 Å². The lowest BCUT2D eigenvalue weighted by molar-refractivity contribution is -0.120. The Kier molecular flexibility index (Phi) is 4.84. The van der Waals surface area contributed by atoms with Gasteiger partial charge in [0.1, 0.15) is 5.78 Å². The van der Waals surface area contributed by atoms with Gasteiger partial charge in [0.15, 0.2) is 0 Å². The zero-order valence-electron chi connectivity index (χ0n) is 7.76. The molecule has 0 saturated carbocycles. The zero-order chi connectivity index (χ0) is 8.85. The molecule has 0 aromatic heterocycles. The molecule has 0 aliphatic heterocycles. The predicted octanol–water partition coefficient (Wildman–Crippen LogP) is 2.81. The number of carbonyl (C=O) groups excluding carboxylic acids is 1. The van der Waals surface area contributed by atoms with E-state index in [9.17, 15) is 4.79 Å². The van der Waals surface area contributed by atoms with Gasteiger partial charge in [-0.15, -0.1) is 6.58 Å². The molecule has 11 heavy (non-hydrogen) atoms. The van der Waals surface area contributed by atoms with Crippen molar-refractivity contribution in [2.75, 3.05) is 0 Å². The Morgan fingerprint density at radius 2 is 2.00 bits per heavy atom. The van der Waals surface area contributed by atoms with Crippen molar-refractivity contribution in [1.29, 1.82) is 0 Å². The van der Waals surface area contributed by atoms with Crippen molar-refractivity contribution in [2.24, 2.45) is 11.8 Å². The van der Waals surface area contributed by atoms with E-state index in [0.29, 0.717) is 11.7 Å². The van der Waals surface area contributed by atoms with Crippen LogP contribution in [0.2, 0.25) is 0 Å².